The number of H-pyrrole nitrogens is 1. The minimum absolute atomic E-state index is 0.0426. The molecule has 6 nitrogen and oxygen atoms in total. The van der Waals surface area contributed by atoms with E-state index >= 15 is 0 Å². The Morgan fingerprint density at radius 1 is 1.47 bits per heavy atom. The van der Waals surface area contributed by atoms with Gasteiger partial charge in [0.1, 0.15) is 12.1 Å². The summed E-state index contributed by atoms with van der Waals surface area (Å²) in [5.74, 6) is -1.02. The second kappa shape index (κ2) is 3.82. The van der Waals surface area contributed by atoms with Gasteiger partial charge in [-0.15, -0.1) is 0 Å². The third-order valence-corrected chi connectivity index (χ3v) is 1.59. The average Bonchev–Trinajstić information content (AvgIpc) is 2.70. The number of halogens is 1. The Balaban J connectivity index is 2.13. The lowest BCUT2D eigenvalue weighted by molar-refractivity contribution is 0.101. The summed E-state index contributed by atoms with van der Waals surface area (Å²) >= 11 is 0. The summed E-state index contributed by atoms with van der Waals surface area (Å²) in [6, 6.07) is 4.10. The maximum atomic E-state index is 12.7. The van der Waals surface area contributed by atoms with Crippen molar-refractivity contribution in [2.45, 2.75) is 0 Å². The van der Waals surface area contributed by atoms with E-state index in [2.05, 4.69) is 25.5 Å². The Bertz CT molecular complexity index is 470. The van der Waals surface area contributed by atoms with E-state index < -0.39 is 11.9 Å². The van der Waals surface area contributed by atoms with Gasteiger partial charge in [0.2, 0.25) is 11.8 Å². The van der Waals surface area contributed by atoms with Crippen molar-refractivity contribution < 1.29 is 9.18 Å². The maximum absolute atomic E-state index is 12.7. The summed E-state index contributed by atoms with van der Waals surface area (Å²) in [5.41, 5.74) is 0. The highest BCUT2D eigenvalue weighted by Crippen LogP contribution is 2.04. The van der Waals surface area contributed by atoms with Crippen LogP contribution in [0.15, 0.2) is 24.5 Å². The molecule has 0 fully saturated rings. The average molecular weight is 207 g/mol. The van der Waals surface area contributed by atoms with Crippen molar-refractivity contribution in [3.63, 3.8) is 0 Å². The van der Waals surface area contributed by atoms with E-state index in [9.17, 15) is 9.18 Å². The summed E-state index contributed by atoms with van der Waals surface area (Å²) in [7, 11) is 0. The number of aromatic amines is 1. The van der Waals surface area contributed by atoms with Gasteiger partial charge < -0.3 is 5.32 Å². The minimum Gasteiger partial charge on any atom is -0.304 e. The number of carbonyl (C=O) groups excluding carboxylic acids is 1. The topological polar surface area (TPSA) is 83.6 Å². The quantitative estimate of drug-likeness (QED) is 0.706. The molecule has 0 spiro atoms. The van der Waals surface area contributed by atoms with Gasteiger partial charge >= 0.3 is 0 Å². The van der Waals surface area contributed by atoms with Crippen molar-refractivity contribution in [2.24, 2.45) is 0 Å². The van der Waals surface area contributed by atoms with Gasteiger partial charge in [0.15, 0.2) is 0 Å². The molecule has 0 saturated carbocycles. The van der Waals surface area contributed by atoms with Crippen LogP contribution in [0.3, 0.4) is 0 Å². The summed E-state index contributed by atoms with van der Waals surface area (Å²) in [4.78, 5) is 18.5. The van der Waals surface area contributed by atoms with Gasteiger partial charge in [-0.2, -0.15) is 9.49 Å². The molecule has 0 aromatic carbocycles. The predicted octanol–water partition coefficient (Wildman–Crippen LogP) is 0.591. The van der Waals surface area contributed by atoms with Crippen molar-refractivity contribution in [3.8, 4) is 0 Å². The van der Waals surface area contributed by atoms with E-state index in [0.717, 1.165) is 0 Å². The SMILES string of the molecule is O=C(Nc1cccc(F)n1)c1ncn[nH]1. The first-order valence-electron chi connectivity index (χ1n) is 4.05. The number of nitrogens with one attached hydrogen (secondary N) is 2. The zero-order chi connectivity index (χ0) is 10.7. The lowest BCUT2D eigenvalue weighted by Gasteiger charge is -2.00. The van der Waals surface area contributed by atoms with Crippen LogP contribution in [0.1, 0.15) is 10.6 Å². The molecule has 2 N–H and O–H groups in total. The van der Waals surface area contributed by atoms with E-state index in [0.29, 0.717) is 0 Å². The lowest BCUT2D eigenvalue weighted by atomic mass is 10.4. The molecule has 0 atom stereocenters. The number of pyridine rings is 1. The van der Waals surface area contributed by atoms with Gasteiger partial charge in [0, 0.05) is 0 Å². The molecule has 0 aliphatic carbocycles. The zero-order valence-electron chi connectivity index (χ0n) is 7.44. The number of carbonyl (C=O) groups is 1. The van der Waals surface area contributed by atoms with Crippen LogP contribution in [-0.2, 0) is 0 Å². The highest BCUT2D eigenvalue weighted by Gasteiger charge is 2.09. The molecule has 2 heterocycles. The van der Waals surface area contributed by atoms with Crippen molar-refractivity contribution in [1.29, 1.82) is 0 Å². The fourth-order valence-corrected chi connectivity index (χ4v) is 0.968. The molecule has 2 rings (SSSR count). The summed E-state index contributed by atoms with van der Waals surface area (Å²) in [5, 5.41) is 8.25. The van der Waals surface area contributed by atoms with E-state index in [-0.39, 0.29) is 11.6 Å². The molecule has 1 amide bonds. The van der Waals surface area contributed by atoms with Gasteiger partial charge in [0.05, 0.1) is 0 Å². The molecule has 0 aliphatic heterocycles. The molecule has 2 aromatic heterocycles. The van der Waals surface area contributed by atoms with Gasteiger partial charge in [-0.1, -0.05) is 6.07 Å². The van der Waals surface area contributed by atoms with Crippen LogP contribution in [0.5, 0.6) is 0 Å². The summed E-state index contributed by atoms with van der Waals surface area (Å²) in [6.07, 6.45) is 1.20. The lowest BCUT2D eigenvalue weighted by Crippen LogP contribution is -2.14. The van der Waals surface area contributed by atoms with Gasteiger partial charge in [-0.3, -0.25) is 9.89 Å². The molecule has 0 bridgehead atoms. The van der Waals surface area contributed by atoms with Crippen LogP contribution in [0.4, 0.5) is 10.2 Å². The molecule has 76 valence electrons. The first kappa shape index (κ1) is 9.25. The van der Waals surface area contributed by atoms with Gasteiger partial charge in [-0.25, -0.2) is 9.97 Å². The number of nitrogens with zero attached hydrogens (tertiary/aromatic N) is 3. The Morgan fingerprint density at radius 2 is 2.33 bits per heavy atom. The highest BCUT2D eigenvalue weighted by molar-refractivity contribution is 6.00. The Labute approximate surface area is 83.6 Å². The molecular weight excluding hydrogens is 201 g/mol. The van der Waals surface area contributed by atoms with Crippen LogP contribution >= 0.6 is 0 Å². The molecule has 0 saturated heterocycles. The van der Waals surface area contributed by atoms with Crippen LogP contribution in [0.2, 0.25) is 0 Å². The van der Waals surface area contributed by atoms with E-state index in [4.69, 9.17) is 0 Å². The number of anilines is 1. The summed E-state index contributed by atoms with van der Waals surface area (Å²) < 4.78 is 12.7. The van der Waals surface area contributed by atoms with Crippen LogP contribution in [0, 0.1) is 5.95 Å². The van der Waals surface area contributed by atoms with Crippen molar-refractivity contribution in [3.05, 3.63) is 36.3 Å². The van der Waals surface area contributed by atoms with Crippen LogP contribution in [0.25, 0.3) is 0 Å². The molecule has 15 heavy (non-hydrogen) atoms. The third kappa shape index (κ3) is 2.13. The monoisotopic (exact) mass is 207 g/mol. The summed E-state index contributed by atoms with van der Waals surface area (Å²) in [6.45, 7) is 0. The highest BCUT2D eigenvalue weighted by atomic mass is 19.1. The van der Waals surface area contributed by atoms with Crippen LogP contribution in [-0.4, -0.2) is 26.1 Å². The first-order chi connectivity index (χ1) is 7.25. The smallest absolute Gasteiger partial charge is 0.294 e. The van der Waals surface area contributed by atoms with Crippen molar-refractivity contribution in [1.82, 2.24) is 20.2 Å². The van der Waals surface area contributed by atoms with Gasteiger partial charge in [-0.05, 0) is 12.1 Å². The Morgan fingerprint density at radius 3 is 3.00 bits per heavy atom. The number of rotatable bonds is 2. The molecule has 0 aliphatic rings. The largest absolute Gasteiger partial charge is 0.304 e. The minimum atomic E-state index is -0.662. The van der Waals surface area contributed by atoms with Crippen molar-refractivity contribution in [2.75, 3.05) is 5.32 Å². The Kier molecular flexibility index (Phi) is 2.36. The van der Waals surface area contributed by atoms with E-state index in [1.54, 1.807) is 0 Å². The maximum Gasteiger partial charge on any atom is 0.294 e. The molecule has 0 unspecified atom stereocenters. The zero-order valence-corrected chi connectivity index (χ0v) is 7.44. The molecule has 2 aromatic rings. The van der Waals surface area contributed by atoms with Crippen LogP contribution < -0.4 is 5.32 Å². The van der Waals surface area contributed by atoms with Crippen molar-refractivity contribution >= 4 is 11.7 Å². The number of hydrogen-bond donors (Lipinski definition) is 2. The fraction of sp³-hybridized carbons (Fsp3) is 0. The number of hydrogen-bond acceptors (Lipinski definition) is 4. The van der Waals surface area contributed by atoms with Gasteiger partial charge in [0.25, 0.3) is 5.91 Å². The number of amides is 1. The molecular formula is C8H6FN5O. The fourth-order valence-electron chi connectivity index (χ4n) is 0.968. The first-order valence-corrected chi connectivity index (χ1v) is 4.05. The number of aromatic nitrogens is 4. The Hall–Kier alpha value is -2.31. The third-order valence-electron chi connectivity index (χ3n) is 1.59. The molecule has 0 radical (unpaired) electrons. The standard InChI is InChI=1S/C8H6FN5O/c9-5-2-1-3-6(12-5)13-8(15)7-10-4-11-14-7/h1-4H,(H,10,11,14)(H,12,13,15). The second-order valence-electron chi connectivity index (χ2n) is 2.63. The normalized spacial score (nSPS) is 9.93. The molecule has 7 heteroatoms. The van der Waals surface area contributed by atoms with E-state index in [1.165, 1.54) is 24.5 Å². The predicted molar refractivity (Wildman–Crippen MR) is 48.5 cm³/mol. The van der Waals surface area contributed by atoms with E-state index in [1.807, 2.05) is 0 Å². The second-order valence-corrected chi connectivity index (χ2v) is 2.63.